The third-order valence-electron chi connectivity index (χ3n) is 3.86. The van der Waals surface area contributed by atoms with Crippen molar-refractivity contribution in [3.63, 3.8) is 0 Å². The molecule has 7 nitrogen and oxygen atoms in total. The third kappa shape index (κ3) is 3.86. The van der Waals surface area contributed by atoms with Gasteiger partial charge in [-0.2, -0.15) is 4.98 Å². The van der Waals surface area contributed by atoms with Crippen LogP contribution in [-0.4, -0.2) is 50.5 Å². The molecule has 0 amide bonds. The molecule has 1 saturated heterocycles. The van der Waals surface area contributed by atoms with Gasteiger partial charge in [0.05, 0.1) is 27.4 Å². The maximum absolute atomic E-state index is 5.36. The number of ether oxygens (including phenoxy) is 3. The second-order valence-corrected chi connectivity index (χ2v) is 5.38. The van der Waals surface area contributed by atoms with Gasteiger partial charge in [0.1, 0.15) is 5.82 Å². The molecule has 1 aliphatic rings. The summed E-state index contributed by atoms with van der Waals surface area (Å²) in [6.45, 7) is 3.71. The second kappa shape index (κ2) is 7.83. The molecule has 1 N–H and O–H groups in total. The van der Waals surface area contributed by atoms with Crippen molar-refractivity contribution in [3.8, 4) is 11.5 Å². The van der Waals surface area contributed by atoms with E-state index in [1.807, 2.05) is 24.3 Å². The average molecular weight is 330 g/mol. The van der Waals surface area contributed by atoms with Crippen LogP contribution in [0.15, 0.2) is 30.5 Å². The van der Waals surface area contributed by atoms with Crippen molar-refractivity contribution >= 4 is 11.8 Å². The first-order chi connectivity index (χ1) is 11.8. The van der Waals surface area contributed by atoms with E-state index in [0.29, 0.717) is 25.5 Å². The Labute approximate surface area is 141 Å². The molecule has 0 saturated carbocycles. The Balaban J connectivity index is 1.66. The molecular formula is C17H22N4O3. The van der Waals surface area contributed by atoms with Gasteiger partial charge in [0, 0.05) is 25.8 Å². The molecule has 0 atom stereocenters. The van der Waals surface area contributed by atoms with Crippen LogP contribution in [0.4, 0.5) is 11.8 Å². The lowest BCUT2D eigenvalue weighted by molar-refractivity contribution is 0.122. The highest BCUT2D eigenvalue weighted by molar-refractivity contribution is 5.45. The van der Waals surface area contributed by atoms with Crippen LogP contribution in [0.1, 0.15) is 5.56 Å². The zero-order valence-electron chi connectivity index (χ0n) is 14.0. The topological polar surface area (TPSA) is 68.7 Å². The molecule has 0 spiro atoms. The molecule has 0 unspecified atom stereocenters. The number of hydrogen-bond donors (Lipinski definition) is 1. The Morgan fingerprint density at radius 1 is 1.12 bits per heavy atom. The largest absolute Gasteiger partial charge is 0.493 e. The number of aromatic nitrogens is 2. The molecule has 7 heteroatoms. The van der Waals surface area contributed by atoms with Crippen molar-refractivity contribution in [1.82, 2.24) is 9.97 Å². The predicted octanol–water partition coefficient (Wildman–Crippen LogP) is 1.94. The smallest absolute Gasteiger partial charge is 0.227 e. The number of methoxy groups -OCH3 is 2. The minimum absolute atomic E-state index is 0.639. The molecule has 3 rings (SSSR count). The molecule has 1 aromatic heterocycles. The first-order valence-corrected chi connectivity index (χ1v) is 7.90. The van der Waals surface area contributed by atoms with Crippen molar-refractivity contribution in [1.29, 1.82) is 0 Å². The van der Waals surface area contributed by atoms with Crippen LogP contribution in [0, 0.1) is 0 Å². The zero-order chi connectivity index (χ0) is 16.8. The van der Waals surface area contributed by atoms with Crippen LogP contribution in [0.5, 0.6) is 11.5 Å². The predicted molar refractivity (Wildman–Crippen MR) is 91.9 cm³/mol. The van der Waals surface area contributed by atoms with Gasteiger partial charge in [0.25, 0.3) is 0 Å². The summed E-state index contributed by atoms with van der Waals surface area (Å²) in [7, 11) is 3.26. The summed E-state index contributed by atoms with van der Waals surface area (Å²) in [6, 6.07) is 7.72. The van der Waals surface area contributed by atoms with E-state index in [1.165, 1.54) is 0 Å². The van der Waals surface area contributed by atoms with Gasteiger partial charge in [0.2, 0.25) is 5.95 Å². The molecule has 1 aromatic carbocycles. The minimum Gasteiger partial charge on any atom is -0.493 e. The highest BCUT2D eigenvalue weighted by Crippen LogP contribution is 2.27. The fourth-order valence-electron chi connectivity index (χ4n) is 2.55. The van der Waals surface area contributed by atoms with Crippen LogP contribution in [0.25, 0.3) is 0 Å². The monoisotopic (exact) mass is 330 g/mol. The van der Waals surface area contributed by atoms with Crippen LogP contribution in [-0.2, 0) is 11.3 Å². The van der Waals surface area contributed by atoms with Crippen molar-refractivity contribution in [2.45, 2.75) is 6.54 Å². The van der Waals surface area contributed by atoms with Gasteiger partial charge in [-0.25, -0.2) is 4.98 Å². The number of nitrogens with zero attached hydrogens (tertiary/aromatic N) is 3. The van der Waals surface area contributed by atoms with Crippen molar-refractivity contribution in [3.05, 3.63) is 36.0 Å². The Morgan fingerprint density at radius 2 is 1.92 bits per heavy atom. The van der Waals surface area contributed by atoms with Gasteiger partial charge < -0.3 is 24.4 Å². The summed E-state index contributed by atoms with van der Waals surface area (Å²) in [5, 5.41) is 3.32. The van der Waals surface area contributed by atoms with E-state index >= 15 is 0 Å². The summed E-state index contributed by atoms with van der Waals surface area (Å²) >= 11 is 0. The highest BCUT2D eigenvalue weighted by Gasteiger charge is 2.14. The zero-order valence-corrected chi connectivity index (χ0v) is 14.0. The lowest BCUT2D eigenvalue weighted by Gasteiger charge is -2.26. The van der Waals surface area contributed by atoms with Gasteiger partial charge in [-0.1, -0.05) is 6.07 Å². The van der Waals surface area contributed by atoms with Gasteiger partial charge in [-0.15, -0.1) is 0 Å². The maximum atomic E-state index is 5.36. The standard InChI is InChI=1S/C17H22N4O3/c1-22-14-4-3-13(11-15(14)23-2)12-19-16-5-6-18-17(20-16)21-7-9-24-10-8-21/h3-6,11H,7-10,12H2,1-2H3,(H,18,19,20). The van der Waals surface area contributed by atoms with Gasteiger partial charge in [-0.05, 0) is 23.8 Å². The van der Waals surface area contributed by atoms with Gasteiger partial charge in [-0.3, -0.25) is 0 Å². The molecule has 1 aliphatic heterocycles. The fourth-order valence-corrected chi connectivity index (χ4v) is 2.55. The van der Waals surface area contributed by atoms with E-state index in [1.54, 1.807) is 20.4 Å². The molecule has 24 heavy (non-hydrogen) atoms. The lowest BCUT2D eigenvalue weighted by atomic mass is 10.2. The van der Waals surface area contributed by atoms with Crippen LogP contribution >= 0.6 is 0 Å². The lowest BCUT2D eigenvalue weighted by Crippen LogP contribution is -2.37. The van der Waals surface area contributed by atoms with Crippen molar-refractivity contribution < 1.29 is 14.2 Å². The Bertz CT molecular complexity index is 675. The van der Waals surface area contributed by atoms with Gasteiger partial charge in [0.15, 0.2) is 11.5 Å². The van der Waals surface area contributed by atoms with Crippen LogP contribution in [0.3, 0.4) is 0 Å². The summed E-state index contributed by atoms with van der Waals surface area (Å²) in [5.41, 5.74) is 1.08. The maximum Gasteiger partial charge on any atom is 0.227 e. The van der Waals surface area contributed by atoms with E-state index in [-0.39, 0.29) is 0 Å². The van der Waals surface area contributed by atoms with E-state index in [4.69, 9.17) is 14.2 Å². The van der Waals surface area contributed by atoms with Crippen molar-refractivity contribution in [2.24, 2.45) is 0 Å². The highest BCUT2D eigenvalue weighted by atomic mass is 16.5. The van der Waals surface area contributed by atoms with Crippen LogP contribution in [0.2, 0.25) is 0 Å². The SMILES string of the molecule is COc1ccc(CNc2ccnc(N3CCOCC3)n2)cc1OC. The molecule has 128 valence electrons. The Morgan fingerprint density at radius 3 is 2.67 bits per heavy atom. The van der Waals surface area contributed by atoms with E-state index in [2.05, 4.69) is 20.2 Å². The quantitative estimate of drug-likeness (QED) is 0.868. The summed E-state index contributed by atoms with van der Waals surface area (Å²) < 4.78 is 15.9. The molecule has 0 radical (unpaired) electrons. The van der Waals surface area contributed by atoms with E-state index in [9.17, 15) is 0 Å². The van der Waals surface area contributed by atoms with Gasteiger partial charge >= 0.3 is 0 Å². The fraction of sp³-hybridized carbons (Fsp3) is 0.412. The third-order valence-corrected chi connectivity index (χ3v) is 3.86. The molecular weight excluding hydrogens is 308 g/mol. The van der Waals surface area contributed by atoms with E-state index < -0.39 is 0 Å². The molecule has 2 aromatic rings. The number of anilines is 2. The number of nitrogens with one attached hydrogen (secondary N) is 1. The first-order valence-electron chi connectivity index (χ1n) is 7.90. The summed E-state index contributed by atoms with van der Waals surface area (Å²) in [5.74, 6) is 2.96. The first kappa shape index (κ1) is 16.3. The minimum atomic E-state index is 0.639. The van der Waals surface area contributed by atoms with E-state index in [0.717, 1.165) is 36.2 Å². The number of rotatable bonds is 6. The molecule has 0 bridgehead atoms. The van der Waals surface area contributed by atoms with Crippen LogP contribution < -0.4 is 19.7 Å². The normalized spacial score (nSPS) is 14.3. The number of hydrogen-bond acceptors (Lipinski definition) is 7. The molecule has 0 aliphatic carbocycles. The average Bonchev–Trinajstić information content (AvgIpc) is 2.67. The molecule has 2 heterocycles. The summed E-state index contributed by atoms with van der Waals surface area (Å²) in [4.78, 5) is 11.1. The second-order valence-electron chi connectivity index (χ2n) is 5.38. The molecule has 1 fully saturated rings. The van der Waals surface area contributed by atoms with Crippen molar-refractivity contribution in [2.75, 3.05) is 50.7 Å². The Kier molecular flexibility index (Phi) is 5.32. The summed E-state index contributed by atoms with van der Waals surface area (Å²) in [6.07, 6.45) is 1.77. The Hall–Kier alpha value is -2.54. The number of benzene rings is 1. The number of morpholine rings is 1.